The first kappa shape index (κ1) is 19.2. The maximum Gasteiger partial charge on any atom is 0.251 e. The second kappa shape index (κ2) is 8.85. The average molecular weight is 407 g/mol. The lowest BCUT2D eigenvalue weighted by Crippen LogP contribution is -2.35. The van der Waals surface area contributed by atoms with Crippen molar-refractivity contribution in [2.24, 2.45) is 0 Å². The van der Waals surface area contributed by atoms with Crippen LogP contribution in [-0.2, 0) is 0 Å². The number of carbonyl (C=O) groups excluding carboxylic acids is 1. The fraction of sp³-hybridized carbons (Fsp3) is 0.167. The number of ether oxygens (including phenoxy) is 1. The molecule has 1 aromatic heterocycles. The summed E-state index contributed by atoms with van der Waals surface area (Å²) in [5.74, 6) is 0.0678. The van der Waals surface area contributed by atoms with Gasteiger partial charge in [-0.05, 0) is 36.4 Å². The topological polar surface area (TPSA) is 89.3 Å². The van der Waals surface area contributed by atoms with E-state index in [1.54, 1.807) is 53.5 Å². The summed E-state index contributed by atoms with van der Waals surface area (Å²) in [6.45, 7) is -0.00652. The zero-order valence-corrected chi connectivity index (χ0v) is 15.6. The second-order valence-corrected chi connectivity index (χ2v) is 6.40. The summed E-state index contributed by atoms with van der Waals surface area (Å²) < 4.78 is 7.03. The minimum absolute atomic E-state index is 0.0296. The van der Waals surface area contributed by atoms with E-state index in [1.165, 1.54) is 6.33 Å². The van der Waals surface area contributed by atoms with Crippen molar-refractivity contribution in [2.45, 2.75) is 6.10 Å². The van der Waals surface area contributed by atoms with Crippen LogP contribution in [0.25, 0.3) is 5.69 Å². The second-order valence-electron chi connectivity index (χ2n) is 5.61. The van der Waals surface area contributed by atoms with Crippen LogP contribution in [-0.4, -0.2) is 45.0 Å². The minimum Gasteiger partial charge on any atom is -0.489 e. The van der Waals surface area contributed by atoms with Crippen LogP contribution >= 0.6 is 23.2 Å². The first-order valence-electron chi connectivity index (χ1n) is 8.02. The van der Waals surface area contributed by atoms with Crippen LogP contribution < -0.4 is 10.1 Å². The van der Waals surface area contributed by atoms with Gasteiger partial charge in [-0.15, -0.1) is 0 Å². The molecule has 0 aliphatic rings. The van der Waals surface area contributed by atoms with Crippen molar-refractivity contribution < 1.29 is 14.6 Å². The molecule has 1 unspecified atom stereocenters. The van der Waals surface area contributed by atoms with Crippen molar-refractivity contribution in [3.8, 4) is 11.4 Å². The number of benzene rings is 2. The van der Waals surface area contributed by atoms with Crippen molar-refractivity contribution >= 4 is 29.1 Å². The van der Waals surface area contributed by atoms with E-state index < -0.39 is 6.10 Å². The van der Waals surface area contributed by atoms with Gasteiger partial charge in [0.25, 0.3) is 5.91 Å². The van der Waals surface area contributed by atoms with Crippen molar-refractivity contribution in [1.82, 2.24) is 20.1 Å². The third-order valence-corrected chi connectivity index (χ3v) is 4.46. The van der Waals surface area contributed by atoms with E-state index in [0.717, 1.165) is 5.69 Å². The van der Waals surface area contributed by atoms with Gasteiger partial charge in [0.2, 0.25) is 0 Å². The van der Waals surface area contributed by atoms with E-state index in [1.807, 2.05) is 0 Å². The van der Waals surface area contributed by atoms with Gasteiger partial charge >= 0.3 is 0 Å². The minimum atomic E-state index is -0.904. The number of halogens is 2. The Morgan fingerprint density at radius 1 is 1.22 bits per heavy atom. The summed E-state index contributed by atoms with van der Waals surface area (Å²) in [4.78, 5) is 16.1. The highest BCUT2D eigenvalue weighted by Gasteiger charge is 2.12. The molecule has 3 aromatic rings. The molecule has 0 aliphatic heterocycles. The number of aliphatic hydroxyl groups excluding tert-OH is 1. The van der Waals surface area contributed by atoms with Crippen molar-refractivity contribution in [2.75, 3.05) is 13.2 Å². The molecule has 3 rings (SSSR count). The fourth-order valence-corrected chi connectivity index (χ4v) is 2.61. The molecule has 2 aromatic carbocycles. The largest absolute Gasteiger partial charge is 0.489 e. The number of rotatable bonds is 7. The van der Waals surface area contributed by atoms with Crippen LogP contribution in [0.4, 0.5) is 0 Å². The SMILES string of the molecule is O=C(NCC(O)COc1cccc(Cl)c1Cl)c1ccc(-n2cncn2)cc1. The van der Waals surface area contributed by atoms with Gasteiger partial charge < -0.3 is 15.2 Å². The summed E-state index contributed by atoms with van der Waals surface area (Å²) >= 11 is 11.9. The van der Waals surface area contributed by atoms with Gasteiger partial charge in [-0.2, -0.15) is 5.10 Å². The van der Waals surface area contributed by atoms with Crippen molar-refractivity contribution in [1.29, 1.82) is 0 Å². The van der Waals surface area contributed by atoms with Crippen molar-refractivity contribution in [3.63, 3.8) is 0 Å². The number of amides is 1. The standard InChI is InChI=1S/C18H16Cl2N4O3/c19-15-2-1-3-16(17(15)20)27-9-14(25)8-22-18(26)12-4-6-13(7-5-12)24-11-21-10-23-24/h1-7,10-11,14,25H,8-9H2,(H,22,26). The first-order valence-corrected chi connectivity index (χ1v) is 8.78. The van der Waals surface area contributed by atoms with E-state index in [2.05, 4.69) is 15.4 Å². The third-order valence-electron chi connectivity index (χ3n) is 3.66. The van der Waals surface area contributed by atoms with E-state index in [-0.39, 0.29) is 24.1 Å². The number of hydrogen-bond donors (Lipinski definition) is 2. The maximum absolute atomic E-state index is 12.2. The monoisotopic (exact) mass is 406 g/mol. The van der Waals surface area contributed by atoms with Crippen LogP contribution in [0.15, 0.2) is 55.1 Å². The number of hydrogen-bond acceptors (Lipinski definition) is 5. The van der Waals surface area contributed by atoms with Crippen molar-refractivity contribution in [3.05, 3.63) is 70.7 Å². The molecule has 140 valence electrons. The highest BCUT2D eigenvalue weighted by atomic mass is 35.5. The molecular weight excluding hydrogens is 391 g/mol. The molecule has 0 spiro atoms. The zero-order chi connectivity index (χ0) is 19.2. The maximum atomic E-state index is 12.2. The highest BCUT2D eigenvalue weighted by Crippen LogP contribution is 2.31. The Bertz CT molecular complexity index is 901. The van der Waals surface area contributed by atoms with Gasteiger partial charge in [0.05, 0.1) is 10.7 Å². The molecule has 0 aliphatic carbocycles. The predicted octanol–water partition coefficient (Wildman–Crippen LogP) is 2.74. The van der Waals surface area contributed by atoms with Gasteiger partial charge in [0.1, 0.15) is 36.1 Å². The Hall–Kier alpha value is -2.61. The Morgan fingerprint density at radius 2 is 2.00 bits per heavy atom. The molecule has 0 saturated heterocycles. The number of nitrogens with zero attached hydrogens (tertiary/aromatic N) is 3. The lowest BCUT2D eigenvalue weighted by molar-refractivity contribution is 0.0844. The lowest BCUT2D eigenvalue weighted by atomic mass is 10.2. The fourth-order valence-electron chi connectivity index (χ4n) is 2.26. The molecule has 0 radical (unpaired) electrons. The number of nitrogens with one attached hydrogen (secondary N) is 1. The normalized spacial score (nSPS) is 11.8. The van der Waals surface area contributed by atoms with E-state index in [4.69, 9.17) is 27.9 Å². The smallest absolute Gasteiger partial charge is 0.251 e. The van der Waals surface area contributed by atoms with Crippen LogP contribution in [0.5, 0.6) is 5.75 Å². The number of aromatic nitrogens is 3. The van der Waals surface area contributed by atoms with E-state index >= 15 is 0 Å². The molecule has 7 nitrogen and oxygen atoms in total. The molecule has 1 atom stereocenters. The Morgan fingerprint density at radius 3 is 2.70 bits per heavy atom. The predicted molar refractivity (Wildman–Crippen MR) is 102 cm³/mol. The summed E-state index contributed by atoms with van der Waals surface area (Å²) in [6.07, 6.45) is 2.09. The van der Waals surface area contributed by atoms with Gasteiger partial charge in [-0.3, -0.25) is 4.79 Å². The molecule has 0 fully saturated rings. The summed E-state index contributed by atoms with van der Waals surface area (Å²) in [6, 6.07) is 11.8. The molecule has 0 saturated carbocycles. The molecule has 1 amide bonds. The molecule has 0 bridgehead atoms. The molecule has 2 N–H and O–H groups in total. The Labute approximate surface area is 165 Å². The van der Waals surface area contributed by atoms with Crippen LogP contribution in [0.1, 0.15) is 10.4 Å². The van der Waals surface area contributed by atoms with Gasteiger partial charge in [-0.25, -0.2) is 9.67 Å². The molecule has 1 heterocycles. The van der Waals surface area contributed by atoms with Crippen LogP contribution in [0.2, 0.25) is 10.0 Å². The summed E-state index contributed by atoms with van der Waals surface area (Å²) in [7, 11) is 0. The van der Waals surface area contributed by atoms with Gasteiger partial charge in [0.15, 0.2) is 0 Å². The summed E-state index contributed by atoms with van der Waals surface area (Å²) in [5.41, 5.74) is 1.25. The molecule has 27 heavy (non-hydrogen) atoms. The Kier molecular flexibility index (Phi) is 6.28. The van der Waals surface area contributed by atoms with Crippen LogP contribution in [0.3, 0.4) is 0 Å². The average Bonchev–Trinajstić information content (AvgIpc) is 3.22. The zero-order valence-electron chi connectivity index (χ0n) is 14.0. The van der Waals surface area contributed by atoms with Crippen LogP contribution in [0, 0.1) is 0 Å². The third kappa shape index (κ3) is 4.97. The van der Waals surface area contributed by atoms with Gasteiger partial charge in [0, 0.05) is 12.1 Å². The number of carbonyl (C=O) groups is 1. The van der Waals surface area contributed by atoms with E-state index in [9.17, 15) is 9.90 Å². The Balaban J connectivity index is 1.49. The highest BCUT2D eigenvalue weighted by molar-refractivity contribution is 6.42. The quantitative estimate of drug-likeness (QED) is 0.629. The molecule has 9 heteroatoms. The molecular formula is C18H16Cl2N4O3. The number of aliphatic hydroxyl groups is 1. The first-order chi connectivity index (χ1) is 13.0. The summed E-state index contributed by atoms with van der Waals surface area (Å²) in [5, 5.41) is 17.3. The van der Waals surface area contributed by atoms with Gasteiger partial charge in [-0.1, -0.05) is 29.3 Å². The lowest BCUT2D eigenvalue weighted by Gasteiger charge is -2.14. The van der Waals surface area contributed by atoms with E-state index in [0.29, 0.717) is 16.3 Å².